The van der Waals surface area contributed by atoms with E-state index in [2.05, 4.69) is 0 Å². The molecule has 1 N–H and O–H groups in total. The number of hydrogen-bond acceptors (Lipinski definition) is 4. The highest BCUT2D eigenvalue weighted by Crippen LogP contribution is 2.33. The number of nitrogens with zero attached hydrogens (tertiary/aromatic N) is 2. The number of nitro benzene ring substituents is 1. The molecule has 0 aromatic heterocycles. The Labute approximate surface area is 109 Å². The van der Waals surface area contributed by atoms with E-state index in [0.29, 0.717) is 0 Å². The molecule has 1 rings (SSSR count). The smallest absolute Gasteiger partial charge is 0.294 e. The molecule has 0 saturated carbocycles. The van der Waals surface area contributed by atoms with Gasteiger partial charge in [0.25, 0.3) is 5.69 Å². The molecular weight excluding hydrogens is 263 g/mol. The molecule has 0 aliphatic carbocycles. The minimum atomic E-state index is -1.06. The van der Waals surface area contributed by atoms with Crippen LogP contribution >= 0.6 is 11.6 Å². The Balaban J connectivity index is 3.22. The van der Waals surface area contributed by atoms with Gasteiger partial charge in [0.2, 0.25) is 0 Å². The van der Waals surface area contributed by atoms with Gasteiger partial charge in [-0.2, -0.15) is 0 Å². The van der Waals surface area contributed by atoms with Crippen LogP contribution in [0.3, 0.4) is 0 Å². The third-order valence-electron chi connectivity index (χ3n) is 2.25. The zero-order valence-corrected chi connectivity index (χ0v) is 11.0. The van der Waals surface area contributed by atoms with Gasteiger partial charge >= 0.3 is 0 Å². The molecule has 5 nitrogen and oxygen atoms in total. The summed E-state index contributed by atoms with van der Waals surface area (Å²) in [5, 5.41) is 20.3. The first-order valence-electron chi connectivity index (χ1n) is 5.19. The summed E-state index contributed by atoms with van der Waals surface area (Å²) in [4.78, 5) is 11.7. The lowest BCUT2D eigenvalue weighted by Gasteiger charge is -2.27. The summed E-state index contributed by atoms with van der Waals surface area (Å²) < 4.78 is 13.4. The van der Waals surface area contributed by atoms with E-state index >= 15 is 0 Å². The fraction of sp³-hybridized carbons (Fsp3) is 0.455. The topological polar surface area (TPSA) is 66.6 Å². The molecule has 0 bridgehead atoms. The van der Waals surface area contributed by atoms with Gasteiger partial charge in [0.15, 0.2) is 0 Å². The third kappa shape index (κ3) is 3.54. The van der Waals surface area contributed by atoms with Crippen molar-refractivity contribution in [3.8, 4) is 0 Å². The highest BCUT2D eigenvalue weighted by atomic mass is 35.5. The summed E-state index contributed by atoms with van der Waals surface area (Å²) in [6.45, 7) is 3.23. The second-order valence-corrected chi connectivity index (χ2v) is 5.09. The second kappa shape index (κ2) is 5.07. The Bertz CT molecular complexity index is 474. The summed E-state index contributed by atoms with van der Waals surface area (Å²) in [6.07, 6.45) is 0. The minimum Gasteiger partial charge on any atom is -0.389 e. The zero-order chi connectivity index (χ0) is 14.1. The lowest BCUT2D eigenvalue weighted by Crippen LogP contribution is -2.36. The molecule has 0 aliphatic heterocycles. The molecule has 100 valence electrons. The van der Waals surface area contributed by atoms with E-state index < -0.39 is 16.3 Å². The fourth-order valence-electron chi connectivity index (χ4n) is 1.64. The van der Waals surface area contributed by atoms with Crippen molar-refractivity contribution < 1.29 is 14.4 Å². The SMILES string of the molecule is CN(CC(C)(C)O)c1cc(F)c(Cl)cc1[N+](=O)[O-]. The molecule has 0 atom stereocenters. The van der Waals surface area contributed by atoms with Crippen LogP contribution in [0.2, 0.25) is 5.02 Å². The summed E-state index contributed by atoms with van der Waals surface area (Å²) in [6, 6.07) is 1.96. The van der Waals surface area contributed by atoms with Gasteiger partial charge in [0, 0.05) is 25.7 Å². The van der Waals surface area contributed by atoms with Crippen LogP contribution in [0.4, 0.5) is 15.8 Å². The molecule has 1 aromatic carbocycles. The summed E-state index contributed by atoms with van der Waals surface area (Å²) >= 11 is 5.52. The first-order chi connectivity index (χ1) is 8.11. The Hall–Kier alpha value is -1.40. The Morgan fingerprint density at radius 3 is 2.56 bits per heavy atom. The third-order valence-corrected chi connectivity index (χ3v) is 2.54. The normalized spacial score (nSPS) is 11.4. The molecule has 18 heavy (non-hydrogen) atoms. The van der Waals surface area contributed by atoms with Crippen LogP contribution in [0.25, 0.3) is 0 Å². The predicted octanol–water partition coefficient (Wildman–Crippen LogP) is 2.59. The van der Waals surface area contributed by atoms with Gasteiger partial charge < -0.3 is 10.0 Å². The largest absolute Gasteiger partial charge is 0.389 e. The lowest BCUT2D eigenvalue weighted by molar-refractivity contribution is -0.384. The average molecular weight is 277 g/mol. The summed E-state index contributed by atoms with van der Waals surface area (Å²) in [7, 11) is 1.54. The maximum Gasteiger partial charge on any atom is 0.294 e. The Kier molecular flexibility index (Phi) is 4.13. The van der Waals surface area contributed by atoms with Crippen molar-refractivity contribution in [3.63, 3.8) is 0 Å². The van der Waals surface area contributed by atoms with E-state index in [-0.39, 0.29) is 22.9 Å². The molecule has 0 radical (unpaired) electrons. The van der Waals surface area contributed by atoms with Crippen molar-refractivity contribution in [2.24, 2.45) is 0 Å². The van der Waals surface area contributed by atoms with Crippen LogP contribution in [0.15, 0.2) is 12.1 Å². The van der Waals surface area contributed by atoms with Crippen LogP contribution in [-0.2, 0) is 0 Å². The van der Waals surface area contributed by atoms with Crippen molar-refractivity contribution in [1.82, 2.24) is 0 Å². The van der Waals surface area contributed by atoms with E-state index in [0.717, 1.165) is 12.1 Å². The number of anilines is 1. The monoisotopic (exact) mass is 276 g/mol. The van der Waals surface area contributed by atoms with E-state index in [4.69, 9.17) is 11.6 Å². The number of halogens is 2. The molecular formula is C11H14ClFN2O3. The minimum absolute atomic E-state index is 0.0732. The Morgan fingerprint density at radius 2 is 2.11 bits per heavy atom. The van der Waals surface area contributed by atoms with Crippen molar-refractivity contribution in [3.05, 3.63) is 33.1 Å². The van der Waals surface area contributed by atoms with Crippen molar-refractivity contribution in [2.75, 3.05) is 18.5 Å². The van der Waals surface area contributed by atoms with Crippen molar-refractivity contribution in [1.29, 1.82) is 0 Å². The molecule has 0 heterocycles. The molecule has 0 spiro atoms. The Morgan fingerprint density at radius 1 is 1.56 bits per heavy atom. The number of rotatable bonds is 4. The molecule has 0 fully saturated rings. The van der Waals surface area contributed by atoms with E-state index in [9.17, 15) is 19.6 Å². The first-order valence-corrected chi connectivity index (χ1v) is 5.56. The van der Waals surface area contributed by atoms with E-state index in [1.54, 1.807) is 13.8 Å². The molecule has 0 saturated heterocycles. The van der Waals surface area contributed by atoms with Crippen LogP contribution in [0.5, 0.6) is 0 Å². The van der Waals surface area contributed by atoms with Crippen molar-refractivity contribution in [2.45, 2.75) is 19.4 Å². The van der Waals surface area contributed by atoms with Gasteiger partial charge in [-0.05, 0) is 13.8 Å². The van der Waals surface area contributed by atoms with Gasteiger partial charge in [-0.25, -0.2) is 4.39 Å². The summed E-state index contributed by atoms with van der Waals surface area (Å²) in [5.74, 6) is -0.736. The van der Waals surface area contributed by atoms with Gasteiger partial charge in [-0.1, -0.05) is 11.6 Å². The lowest BCUT2D eigenvalue weighted by atomic mass is 10.1. The van der Waals surface area contributed by atoms with E-state index in [1.165, 1.54) is 11.9 Å². The van der Waals surface area contributed by atoms with Gasteiger partial charge in [-0.3, -0.25) is 10.1 Å². The van der Waals surface area contributed by atoms with Gasteiger partial charge in [0.1, 0.15) is 11.5 Å². The van der Waals surface area contributed by atoms with Crippen LogP contribution in [-0.4, -0.2) is 29.2 Å². The predicted molar refractivity (Wildman–Crippen MR) is 67.6 cm³/mol. The maximum atomic E-state index is 13.4. The first kappa shape index (κ1) is 14.7. The maximum absolute atomic E-state index is 13.4. The van der Waals surface area contributed by atoms with Gasteiger partial charge in [-0.15, -0.1) is 0 Å². The second-order valence-electron chi connectivity index (χ2n) is 4.68. The van der Waals surface area contributed by atoms with Crippen LogP contribution in [0.1, 0.15) is 13.8 Å². The molecule has 0 unspecified atom stereocenters. The van der Waals surface area contributed by atoms with Crippen LogP contribution < -0.4 is 4.90 Å². The standard InChI is InChI=1S/C11H14ClFN2O3/c1-11(2,16)6-14(3)9-5-8(13)7(12)4-10(9)15(17)18/h4-5,16H,6H2,1-3H3. The average Bonchev–Trinajstić information content (AvgIpc) is 2.18. The molecule has 1 aromatic rings. The highest BCUT2D eigenvalue weighted by Gasteiger charge is 2.24. The molecule has 0 aliphatic rings. The fourth-order valence-corrected chi connectivity index (χ4v) is 1.80. The molecule has 0 amide bonds. The van der Waals surface area contributed by atoms with Crippen molar-refractivity contribution >= 4 is 23.0 Å². The van der Waals surface area contributed by atoms with E-state index in [1.807, 2.05) is 0 Å². The molecule has 7 heteroatoms. The summed E-state index contributed by atoms with van der Waals surface area (Å²) in [5.41, 5.74) is -1.28. The number of nitro groups is 1. The number of aliphatic hydroxyl groups is 1. The number of benzene rings is 1. The number of hydrogen-bond donors (Lipinski definition) is 1. The van der Waals surface area contributed by atoms with Crippen LogP contribution in [0, 0.1) is 15.9 Å². The quantitative estimate of drug-likeness (QED) is 0.678. The number of likely N-dealkylation sites (N-methyl/N-ethyl adjacent to an activating group) is 1. The highest BCUT2D eigenvalue weighted by molar-refractivity contribution is 6.31. The zero-order valence-electron chi connectivity index (χ0n) is 10.3. The van der Waals surface area contributed by atoms with Gasteiger partial charge in [0.05, 0.1) is 15.5 Å².